The number of amides is 3. The molecule has 2 aromatic rings. The van der Waals surface area contributed by atoms with E-state index < -0.39 is 17.4 Å². The summed E-state index contributed by atoms with van der Waals surface area (Å²) in [5.74, 6) is -2.01. The predicted molar refractivity (Wildman–Crippen MR) is 122 cm³/mol. The molecule has 0 aromatic heterocycles. The van der Waals surface area contributed by atoms with E-state index in [0.29, 0.717) is 17.3 Å². The minimum absolute atomic E-state index is 0.137. The van der Waals surface area contributed by atoms with Gasteiger partial charge in [0.15, 0.2) is 0 Å². The maximum absolute atomic E-state index is 14.0. The van der Waals surface area contributed by atoms with Crippen LogP contribution in [0, 0.1) is 32.6 Å². The number of carbonyl (C=O) groups is 3. The average molecular weight is 450 g/mol. The largest absolute Gasteiger partial charge is 0.324 e. The first-order valence-electron chi connectivity index (χ1n) is 11.1. The third kappa shape index (κ3) is 2.17. The first kappa shape index (κ1) is 19.9. The summed E-state index contributed by atoms with van der Waals surface area (Å²) in [7, 11) is 0. The highest BCUT2D eigenvalue weighted by Gasteiger charge is 2.74. The molecule has 3 saturated heterocycles. The van der Waals surface area contributed by atoms with Gasteiger partial charge in [0.05, 0.1) is 17.5 Å². The number of hydrogen-bond donors (Lipinski definition) is 1. The Kier molecular flexibility index (Phi) is 4.00. The van der Waals surface area contributed by atoms with Crippen LogP contribution in [0.2, 0.25) is 5.02 Å². The molecule has 0 unspecified atom stereocenters. The Bertz CT molecular complexity index is 1240. The van der Waals surface area contributed by atoms with Gasteiger partial charge in [0.2, 0.25) is 17.7 Å². The Morgan fingerprint density at radius 2 is 1.84 bits per heavy atom. The van der Waals surface area contributed by atoms with Crippen LogP contribution in [0.3, 0.4) is 0 Å². The number of fused-ring (bicyclic) bond motifs is 7. The molecule has 6 nitrogen and oxygen atoms in total. The van der Waals surface area contributed by atoms with Crippen LogP contribution in [0.1, 0.15) is 35.1 Å². The van der Waals surface area contributed by atoms with Gasteiger partial charge in [0, 0.05) is 22.3 Å². The van der Waals surface area contributed by atoms with Crippen molar-refractivity contribution in [1.82, 2.24) is 4.90 Å². The summed E-state index contributed by atoms with van der Waals surface area (Å²) in [5.41, 5.74) is 3.66. The molecule has 4 heterocycles. The monoisotopic (exact) mass is 449 g/mol. The first-order valence-corrected chi connectivity index (χ1v) is 11.5. The van der Waals surface area contributed by atoms with Gasteiger partial charge in [-0.1, -0.05) is 23.7 Å². The van der Waals surface area contributed by atoms with Gasteiger partial charge in [0.1, 0.15) is 5.54 Å². The van der Waals surface area contributed by atoms with Crippen LogP contribution in [0.4, 0.5) is 11.4 Å². The van der Waals surface area contributed by atoms with E-state index in [0.717, 1.165) is 40.8 Å². The molecule has 3 amide bonds. The molecule has 0 radical (unpaired) electrons. The quantitative estimate of drug-likeness (QED) is 0.674. The summed E-state index contributed by atoms with van der Waals surface area (Å²) in [4.78, 5) is 45.1. The van der Waals surface area contributed by atoms with E-state index in [-0.39, 0.29) is 23.8 Å². The summed E-state index contributed by atoms with van der Waals surface area (Å²) in [6, 6.07) is 9.14. The zero-order valence-electron chi connectivity index (χ0n) is 18.2. The number of halogens is 1. The zero-order chi connectivity index (χ0) is 22.5. The normalized spacial score (nSPS) is 30.8. The van der Waals surface area contributed by atoms with Crippen LogP contribution in [-0.4, -0.2) is 35.2 Å². The van der Waals surface area contributed by atoms with Gasteiger partial charge >= 0.3 is 0 Å². The van der Waals surface area contributed by atoms with Gasteiger partial charge in [-0.15, -0.1) is 0 Å². The van der Waals surface area contributed by atoms with Gasteiger partial charge in [-0.05, 0) is 75.0 Å². The van der Waals surface area contributed by atoms with Crippen molar-refractivity contribution in [3.8, 4) is 0 Å². The molecule has 0 bridgehead atoms. The second kappa shape index (κ2) is 6.42. The van der Waals surface area contributed by atoms with E-state index in [2.05, 4.69) is 10.2 Å². The molecule has 0 saturated carbocycles. The van der Waals surface area contributed by atoms with Gasteiger partial charge in [-0.25, -0.2) is 4.90 Å². The summed E-state index contributed by atoms with van der Waals surface area (Å²) in [6.45, 7) is 6.48. The van der Waals surface area contributed by atoms with Gasteiger partial charge < -0.3 is 5.32 Å². The van der Waals surface area contributed by atoms with Crippen LogP contribution >= 0.6 is 11.6 Å². The van der Waals surface area contributed by atoms with E-state index in [4.69, 9.17) is 11.6 Å². The van der Waals surface area contributed by atoms with E-state index in [9.17, 15) is 14.4 Å². The lowest BCUT2D eigenvalue weighted by Gasteiger charge is -2.37. The number of hydrogen-bond acceptors (Lipinski definition) is 4. The lowest BCUT2D eigenvalue weighted by atomic mass is 9.75. The molecule has 4 aliphatic heterocycles. The predicted octanol–water partition coefficient (Wildman–Crippen LogP) is 3.70. The van der Waals surface area contributed by atoms with Gasteiger partial charge in [-0.3, -0.25) is 19.3 Å². The molecule has 7 heteroatoms. The Hall–Kier alpha value is -2.70. The van der Waals surface area contributed by atoms with Crippen molar-refractivity contribution in [1.29, 1.82) is 0 Å². The van der Waals surface area contributed by atoms with Crippen molar-refractivity contribution in [3.05, 3.63) is 57.6 Å². The molecule has 4 aliphatic rings. The Morgan fingerprint density at radius 1 is 1.06 bits per heavy atom. The number of nitrogens with one attached hydrogen (secondary N) is 1. The number of rotatable bonds is 1. The minimum Gasteiger partial charge on any atom is -0.324 e. The van der Waals surface area contributed by atoms with Crippen molar-refractivity contribution >= 4 is 40.7 Å². The summed E-state index contributed by atoms with van der Waals surface area (Å²) < 4.78 is 0. The fourth-order valence-corrected chi connectivity index (χ4v) is 6.92. The van der Waals surface area contributed by atoms with Crippen LogP contribution in [0.25, 0.3) is 0 Å². The highest BCUT2D eigenvalue weighted by atomic mass is 35.5. The Labute approximate surface area is 191 Å². The molecule has 1 spiro atoms. The number of aryl methyl sites for hydroxylation is 2. The summed E-state index contributed by atoms with van der Waals surface area (Å²) >= 11 is 6.43. The number of anilines is 2. The maximum atomic E-state index is 14.0. The SMILES string of the molecule is Cc1cccc(N2C(=O)[C@H]3[C@@H](C2=O)[C@@]2(C(=O)Nc4c(C)cc(Cl)cc42)N2CCC[C@@H]32)c1C. The van der Waals surface area contributed by atoms with Crippen molar-refractivity contribution in [2.75, 3.05) is 16.8 Å². The number of imide groups is 1. The third-order valence-corrected chi connectivity index (χ3v) is 8.30. The number of benzene rings is 2. The van der Waals surface area contributed by atoms with Crippen LogP contribution in [0.5, 0.6) is 0 Å². The molecular weight excluding hydrogens is 426 g/mol. The maximum Gasteiger partial charge on any atom is 0.250 e. The lowest BCUT2D eigenvalue weighted by molar-refractivity contribution is -0.135. The summed E-state index contributed by atoms with van der Waals surface area (Å²) in [5, 5.41) is 3.57. The molecule has 6 rings (SSSR count). The molecule has 3 fully saturated rings. The van der Waals surface area contributed by atoms with E-state index in [1.807, 2.05) is 45.0 Å². The Balaban J connectivity index is 1.59. The van der Waals surface area contributed by atoms with Crippen LogP contribution in [0.15, 0.2) is 30.3 Å². The van der Waals surface area contributed by atoms with Crippen molar-refractivity contribution in [3.63, 3.8) is 0 Å². The molecule has 1 N–H and O–H groups in total. The minimum atomic E-state index is -1.20. The first-order chi connectivity index (χ1) is 15.3. The highest BCUT2D eigenvalue weighted by Crippen LogP contribution is 2.61. The summed E-state index contributed by atoms with van der Waals surface area (Å²) in [6.07, 6.45) is 1.69. The number of carbonyl (C=O) groups excluding carboxylic acids is 3. The van der Waals surface area contributed by atoms with Crippen molar-refractivity contribution in [2.24, 2.45) is 11.8 Å². The van der Waals surface area contributed by atoms with Crippen molar-refractivity contribution in [2.45, 2.75) is 45.2 Å². The van der Waals surface area contributed by atoms with Crippen molar-refractivity contribution < 1.29 is 14.4 Å². The molecule has 4 atom stereocenters. The molecule has 0 aliphatic carbocycles. The zero-order valence-corrected chi connectivity index (χ0v) is 19.0. The fourth-order valence-electron chi connectivity index (χ4n) is 6.65. The number of nitrogens with zero attached hydrogens (tertiary/aromatic N) is 2. The topological polar surface area (TPSA) is 69.7 Å². The lowest BCUT2D eigenvalue weighted by Crippen LogP contribution is -2.54. The van der Waals surface area contributed by atoms with Gasteiger partial charge in [-0.2, -0.15) is 0 Å². The molecule has 2 aromatic carbocycles. The average Bonchev–Trinajstić information content (AvgIpc) is 3.44. The smallest absolute Gasteiger partial charge is 0.250 e. The molecule has 164 valence electrons. The van der Waals surface area contributed by atoms with Crippen LogP contribution < -0.4 is 10.2 Å². The second-order valence-corrected chi connectivity index (χ2v) is 9.94. The molecular formula is C25H24ClN3O3. The van der Waals surface area contributed by atoms with E-state index in [1.54, 1.807) is 6.07 Å². The molecule has 32 heavy (non-hydrogen) atoms. The van der Waals surface area contributed by atoms with Crippen LogP contribution in [-0.2, 0) is 19.9 Å². The Morgan fingerprint density at radius 3 is 2.62 bits per heavy atom. The standard InChI is InChI=1S/C25H24ClN3O3/c1-12-6-4-7-17(14(12)3)29-22(30)19-18-8-5-9-28(18)25(20(19)23(29)31)16-11-15(26)10-13(2)21(16)27-24(25)32/h4,6-7,10-11,18-20H,5,8-9H2,1-3H3,(H,27,32)/t18-,19+,20-,25-/m0/s1. The second-order valence-electron chi connectivity index (χ2n) is 9.50. The fraction of sp³-hybridized carbons (Fsp3) is 0.400. The van der Waals surface area contributed by atoms with E-state index >= 15 is 0 Å². The van der Waals surface area contributed by atoms with E-state index in [1.165, 1.54) is 4.90 Å². The highest BCUT2D eigenvalue weighted by molar-refractivity contribution is 6.31. The van der Waals surface area contributed by atoms with Gasteiger partial charge in [0.25, 0.3) is 0 Å². The third-order valence-electron chi connectivity index (χ3n) is 8.08.